The number of nitrogens with two attached hydrogens (primary N) is 1. The van der Waals surface area contributed by atoms with E-state index < -0.39 is 5.82 Å². The first-order valence-corrected chi connectivity index (χ1v) is 6.72. The zero-order chi connectivity index (χ0) is 14.6. The van der Waals surface area contributed by atoms with Gasteiger partial charge in [0, 0.05) is 17.6 Å². The molecule has 110 valence electrons. The average molecular weight is 281 g/mol. The summed E-state index contributed by atoms with van der Waals surface area (Å²) in [6.45, 7) is 0.513. The van der Waals surface area contributed by atoms with Crippen molar-refractivity contribution in [2.24, 2.45) is 10.9 Å². The number of aliphatic hydroxyl groups excluding tert-OH is 1. The molecular formula is C14H20FN3O2. The van der Waals surface area contributed by atoms with E-state index in [9.17, 15) is 9.50 Å². The molecule has 0 saturated heterocycles. The highest BCUT2D eigenvalue weighted by molar-refractivity contribution is 5.97. The minimum absolute atomic E-state index is 0.0788. The van der Waals surface area contributed by atoms with Crippen LogP contribution in [0.5, 0.6) is 0 Å². The Balaban J connectivity index is 2.11. The molecule has 0 heterocycles. The van der Waals surface area contributed by atoms with Crippen molar-refractivity contribution in [1.29, 1.82) is 0 Å². The summed E-state index contributed by atoms with van der Waals surface area (Å²) in [6.07, 6.45) is 4.02. The highest BCUT2D eigenvalue weighted by Gasteiger charge is 2.32. The Hall–Kier alpha value is -1.66. The van der Waals surface area contributed by atoms with E-state index in [1.165, 1.54) is 12.1 Å². The van der Waals surface area contributed by atoms with Gasteiger partial charge in [0.25, 0.3) is 0 Å². The lowest BCUT2D eigenvalue weighted by atomic mass is 9.98. The van der Waals surface area contributed by atoms with Crippen LogP contribution in [0.4, 0.5) is 4.39 Å². The molecule has 5 nitrogen and oxygen atoms in total. The number of hydrogen-bond donors (Lipinski definition) is 4. The van der Waals surface area contributed by atoms with Gasteiger partial charge in [0.2, 0.25) is 0 Å². The lowest BCUT2D eigenvalue weighted by Crippen LogP contribution is -2.45. The van der Waals surface area contributed by atoms with Crippen LogP contribution in [0, 0.1) is 5.82 Å². The van der Waals surface area contributed by atoms with E-state index in [0.29, 0.717) is 17.7 Å². The van der Waals surface area contributed by atoms with Crippen LogP contribution in [0.25, 0.3) is 0 Å². The number of aliphatic hydroxyl groups is 1. The first kappa shape index (κ1) is 14.7. The number of nitrogens with one attached hydrogen (secondary N) is 1. The van der Waals surface area contributed by atoms with Gasteiger partial charge in [-0.15, -0.1) is 0 Å². The van der Waals surface area contributed by atoms with Crippen LogP contribution in [-0.2, 0) is 6.54 Å². The number of rotatable bonds is 5. The van der Waals surface area contributed by atoms with E-state index in [4.69, 9.17) is 10.9 Å². The van der Waals surface area contributed by atoms with Crippen molar-refractivity contribution in [3.8, 4) is 0 Å². The number of nitrogens with zero attached hydrogens (tertiary/aromatic N) is 1. The third-order valence-electron chi connectivity index (χ3n) is 3.89. The standard InChI is InChI=1S/C14H20FN3O2/c15-12-6-10(5-11(7-12)13(16)18-20)8-17-14(9-19)3-1-2-4-14/h5-7,17,19-20H,1-4,8-9H2,(H2,16,18). The maximum atomic E-state index is 13.5. The second kappa shape index (κ2) is 6.19. The van der Waals surface area contributed by atoms with Crippen LogP contribution in [0.3, 0.4) is 0 Å². The molecule has 5 N–H and O–H groups in total. The molecule has 1 aromatic carbocycles. The van der Waals surface area contributed by atoms with Crippen LogP contribution in [-0.4, -0.2) is 28.3 Å². The molecule has 0 bridgehead atoms. The van der Waals surface area contributed by atoms with Gasteiger partial charge in [0.15, 0.2) is 5.84 Å². The van der Waals surface area contributed by atoms with E-state index in [-0.39, 0.29) is 18.0 Å². The molecule has 0 radical (unpaired) electrons. The zero-order valence-electron chi connectivity index (χ0n) is 11.3. The summed E-state index contributed by atoms with van der Waals surface area (Å²) in [5.41, 5.74) is 6.26. The van der Waals surface area contributed by atoms with Crippen molar-refractivity contribution in [3.05, 3.63) is 35.1 Å². The van der Waals surface area contributed by atoms with Crippen LogP contribution >= 0.6 is 0 Å². The van der Waals surface area contributed by atoms with Gasteiger partial charge in [0.1, 0.15) is 5.82 Å². The quantitative estimate of drug-likeness (QED) is 0.283. The SMILES string of the molecule is N/C(=N/O)c1cc(F)cc(CNC2(CO)CCCC2)c1. The van der Waals surface area contributed by atoms with E-state index in [2.05, 4.69) is 10.5 Å². The van der Waals surface area contributed by atoms with Crippen molar-refractivity contribution in [3.63, 3.8) is 0 Å². The number of hydrogen-bond acceptors (Lipinski definition) is 4. The van der Waals surface area contributed by atoms with E-state index in [1.807, 2.05) is 0 Å². The average Bonchev–Trinajstić information content (AvgIpc) is 2.93. The van der Waals surface area contributed by atoms with Crippen LogP contribution in [0.2, 0.25) is 0 Å². The van der Waals surface area contributed by atoms with Crippen LogP contribution in [0.1, 0.15) is 36.8 Å². The van der Waals surface area contributed by atoms with Crippen LogP contribution in [0.15, 0.2) is 23.4 Å². The molecule has 1 aromatic rings. The summed E-state index contributed by atoms with van der Waals surface area (Å²) in [7, 11) is 0. The first-order chi connectivity index (χ1) is 9.58. The number of oxime groups is 1. The van der Waals surface area contributed by atoms with Gasteiger partial charge in [-0.1, -0.05) is 18.0 Å². The molecule has 1 saturated carbocycles. The summed E-state index contributed by atoms with van der Waals surface area (Å²) in [5, 5.41) is 24.4. The minimum atomic E-state index is -0.435. The molecular weight excluding hydrogens is 261 g/mol. The number of halogens is 1. The zero-order valence-corrected chi connectivity index (χ0v) is 11.3. The third kappa shape index (κ3) is 3.26. The summed E-state index contributed by atoms with van der Waals surface area (Å²) >= 11 is 0. The van der Waals surface area contributed by atoms with Gasteiger partial charge >= 0.3 is 0 Å². The smallest absolute Gasteiger partial charge is 0.170 e. The molecule has 0 spiro atoms. The van der Waals surface area contributed by atoms with Crippen molar-refractivity contribution in [2.75, 3.05) is 6.61 Å². The highest BCUT2D eigenvalue weighted by atomic mass is 19.1. The Morgan fingerprint density at radius 3 is 2.65 bits per heavy atom. The first-order valence-electron chi connectivity index (χ1n) is 6.72. The summed E-state index contributed by atoms with van der Waals surface area (Å²) in [4.78, 5) is 0. The lowest BCUT2D eigenvalue weighted by molar-refractivity contribution is 0.163. The van der Waals surface area contributed by atoms with Gasteiger partial charge in [0.05, 0.1) is 6.61 Å². The normalized spacial score (nSPS) is 18.4. The molecule has 2 rings (SSSR count). The molecule has 6 heteroatoms. The maximum absolute atomic E-state index is 13.5. The monoisotopic (exact) mass is 281 g/mol. The molecule has 0 aromatic heterocycles. The summed E-state index contributed by atoms with van der Waals surface area (Å²) in [6, 6.07) is 4.29. The van der Waals surface area contributed by atoms with Gasteiger partial charge in [-0.25, -0.2) is 4.39 Å². The molecule has 1 aliphatic carbocycles. The molecule has 1 aliphatic rings. The van der Waals surface area contributed by atoms with E-state index >= 15 is 0 Å². The second-order valence-electron chi connectivity index (χ2n) is 5.33. The van der Waals surface area contributed by atoms with Crippen molar-refractivity contribution < 1.29 is 14.7 Å². The fraction of sp³-hybridized carbons (Fsp3) is 0.500. The van der Waals surface area contributed by atoms with Crippen molar-refractivity contribution in [1.82, 2.24) is 5.32 Å². The highest BCUT2D eigenvalue weighted by Crippen LogP contribution is 2.29. The van der Waals surface area contributed by atoms with Crippen molar-refractivity contribution >= 4 is 5.84 Å². The fourth-order valence-electron chi connectivity index (χ4n) is 2.69. The maximum Gasteiger partial charge on any atom is 0.170 e. The summed E-state index contributed by atoms with van der Waals surface area (Å²) in [5.74, 6) is -0.557. The predicted molar refractivity (Wildman–Crippen MR) is 74.0 cm³/mol. The van der Waals surface area contributed by atoms with E-state index in [1.54, 1.807) is 6.07 Å². The molecule has 1 fully saturated rings. The Kier molecular flexibility index (Phi) is 4.57. The van der Waals surface area contributed by atoms with Gasteiger partial charge in [-0.3, -0.25) is 0 Å². The molecule has 0 amide bonds. The third-order valence-corrected chi connectivity index (χ3v) is 3.89. The predicted octanol–water partition coefficient (Wildman–Crippen LogP) is 1.31. The van der Waals surface area contributed by atoms with Gasteiger partial charge in [-0.05, 0) is 36.6 Å². The fourth-order valence-corrected chi connectivity index (χ4v) is 2.69. The molecule has 0 aliphatic heterocycles. The lowest BCUT2D eigenvalue weighted by Gasteiger charge is -2.28. The Morgan fingerprint density at radius 2 is 2.05 bits per heavy atom. The topological polar surface area (TPSA) is 90.9 Å². The number of amidine groups is 1. The van der Waals surface area contributed by atoms with Gasteiger partial charge < -0.3 is 21.4 Å². The second-order valence-corrected chi connectivity index (χ2v) is 5.33. The molecule has 20 heavy (non-hydrogen) atoms. The Labute approximate surface area is 117 Å². The van der Waals surface area contributed by atoms with Crippen LogP contribution < -0.4 is 11.1 Å². The number of benzene rings is 1. The Bertz CT molecular complexity index is 499. The van der Waals surface area contributed by atoms with Crippen molar-refractivity contribution in [2.45, 2.75) is 37.8 Å². The van der Waals surface area contributed by atoms with Gasteiger partial charge in [-0.2, -0.15) is 0 Å². The largest absolute Gasteiger partial charge is 0.409 e. The minimum Gasteiger partial charge on any atom is -0.409 e. The molecule has 0 unspecified atom stereocenters. The Morgan fingerprint density at radius 1 is 1.35 bits per heavy atom. The summed E-state index contributed by atoms with van der Waals surface area (Å²) < 4.78 is 13.5. The molecule has 0 atom stereocenters. The van der Waals surface area contributed by atoms with E-state index in [0.717, 1.165) is 25.7 Å².